The minimum absolute atomic E-state index is 0.0416. The molecular formula is C9H9FO3. The summed E-state index contributed by atoms with van der Waals surface area (Å²) in [5.74, 6) is -2.38. The van der Waals surface area contributed by atoms with Gasteiger partial charge in [-0.1, -0.05) is 6.92 Å². The molecule has 0 aliphatic heterocycles. The summed E-state index contributed by atoms with van der Waals surface area (Å²) < 4.78 is 13.2. The third-order valence-corrected chi connectivity index (χ3v) is 1.80. The van der Waals surface area contributed by atoms with E-state index in [0.29, 0.717) is 0 Å². The summed E-state index contributed by atoms with van der Waals surface area (Å²) in [5.41, 5.74) is -0.366. The topological polar surface area (TPSA) is 57.5 Å². The Morgan fingerprint density at radius 1 is 1.54 bits per heavy atom. The molecular weight excluding hydrogens is 175 g/mol. The van der Waals surface area contributed by atoms with Gasteiger partial charge in [0.15, 0.2) is 0 Å². The first-order valence-electron chi connectivity index (χ1n) is 3.81. The number of hydrogen-bond acceptors (Lipinski definition) is 2. The summed E-state index contributed by atoms with van der Waals surface area (Å²) in [6.07, 6.45) is 0.263. The fraction of sp³-hybridized carbons (Fsp3) is 0.222. The monoisotopic (exact) mass is 184 g/mol. The minimum atomic E-state index is -1.33. The zero-order chi connectivity index (χ0) is 10.0. The molecule has 13 heavy (non-hydrogen) atoms. The van der Waals surface area contributed by atoms with Gasteiger partial charge in [0.25, 0.3) is 0 Å². The maximum Gasteiger partial charge on any atom is 0.338 e. The summed E-state index contributed by atoms with van der Waals surface area (Å²) >= 11 is 0. The van der Waals surface area contributed by atoms with Crippen LogP contribution in [0.2, 0.25) is 0 Å². The number of benzene rings is 1. The molecule has 0 unspecified atom stereocenters. The van der Waals surface area contributed by atoms with Crippen LogP contribution in [0.4, 0.5) is 4.39 Å². The Bertz CT molecular complexity index is 347. The van der Waals surface area contributed by atoms with Gasteiger partial charge in [0.1, 0.15) is 11.6 Å². The van der Waals surface area contributed by atoms with E-state index in [1.165, 1.54) is 6.07 Å². The molecule has 0 saturated carbocycles. The zero-order valence-corrected chi connectivity index (χ0v) is 7.04. The van der Waals surface area contributed by atoms with Crippen molar-refractivity contribution < 1.29 is 19.4 Å². The Hall–Kier alpha value is -1.58. The molecule has 0 saturated heterocycles. The maximum atomic E-state index is 13.2. The Morgan fingerprint density at radius 3 is 2.62 bits per heavy atom. The van der Waals surface area contributed by atoms with Crippen molar-refractivity contribution in [2.24, 2.45) is 0 Å². The molecule has 3 nitrogen and oxygen atoms in total. The first-order valence-corrected chi connectivity index (χ1v) is 3.81. The summed E-state index contributed by atoms with van der Waals surface area (Å²) in [5, 5.41) is 17.7. The van der Waals surface area contributed by atoms with E-state index < -0.39 is 17.3 Å². The van der Waals surface area contributed by atoms with E-state index >= 15 is 0 Å². The second-order valence-electron chi connectivity index (χ2n) is 2.58. The van der Waals surface area contributed by atoms with Crippen LogP contribution in [0.5, 0.6) is 5.75 Å². The Kier molecular flexibility index (Phi) is 2.51. The molecule has 2 N–H and O–H groups in total. The number of carboxylic acids is 1. The SMILES string of the molecule is CCc1c(O)ccc(C(=O)O)c1F. The molecule has 0 atom stereocenters. The van der Waals surface area contributed by atoms with Gasteiger partial charge in [-0.25, -0.2) is 9.18 Å². The van der Waals surface area contributed by atoms with Crippen molar-refractivity contribution in [3.63, 3.8) is 0 Å². The molecule has 0 aromatic heterocycles. The quantitative estimate of drug-likeness (QED) is 0.736. The standard InChI is InChI=1S/C9H9FO3/c1-2-5-7(11)4-3-6(8(5)10)9(12)13/h3-4,11H,2H2,1H3,(H,12,13). The van der Waals surface area contributed by atoms with E-state index in [1.54, 1.807) is 6.92 Å². The van der Waals surface area contributed by atoms with Crippen LogP contribution in [0, 0.1) is 5.82 Å². The van der Waals surface area contributed by atoms with Gasteiger partial charge in [-0.05, 0) is 18.6 Å². The van der Waals surface area contributed by atoms with E-state index in [-0.39, 0.29) is 17.7 Å². The first-order chi connectivity index (χ1) is 6.07. The molecule has 0 amide bonds. The highest BCUT2D eigenvalue weighted by Crippen LogP contribution is 2.23. The van der Waals surface area contributed by atoms with Crippen LogP contribution in [0.25, 0.3) is 0 Å². The highest BCUT2D eigenvalue weighted by atomic mass is 19.1. The van der Waals surface area contributed by atoms with Crippen LogP contribution >= 0.6 is 0 Å². The van der Waals surface area contributed by atoms with Gasteiger partial charge in [0, 0.05) is 5.56 Å². The molecule has 0 bridgehead atoms. The lowest BCUT2D eigenvalue weighted by Crippen LogP contribution is -2.03. The number of halogens is 1. The predicted octanol–water partition coefficient (Wildman–Crippen LogP) is 1.79. The van der Waals surface area contributed by atoms with Crippen molar-refractivity contribution in [2.75, 3.05) is 0 Å². The number of aromatic hydroxyl groups is 1. The molecule has 0 spiro atoms. The fourth-order valence-electron chi connectivity index (χ4n) is 1.11. The smallest absolute Gasteiger partial charge is 0.338 e. The summed E-state index contributed by atoms with van der Waals surface area (Å²) in [6.45, 7) is 1.64. The second kappa shape index (κ2) is 3.43. The van der Waals surface area contributed by atoms with Gasteiger partial charge < -0.3 is 10.2 Å². The average Bonchev–Trinajstić information content (AvgIpc) is 2.04. The van der Waals surface area contributed by atoms with Crippen molar-refractivity contribution >= 4 is 5.97 Å². The molecule has 4 heteroatoms. The van der Waals surface area contributed by atoms with Crippen LogP contribution in [-0.4, -0.2) is 16.2 Å². The van der Waals surface area contributed by atoms with Gasteiger partial charge in [-0.15, -0.1) is 0 Å². The molecule has 1 aromatic carbocycles. The number of phenolic OH excluding ortho intramolecular Hbond substituents is 1. The summed E-state index contributed by atoms with van der Waals surface area (Å²) in [4.78, 5) is 10.5. The number of hydrogen-bond donors (Lipinski definition) is 2. The van der Waals surface area contributed by atoms with Crippen LogP contribution in [-0.2, 0) is 6.42 Å². The number of aromatic carboxylic acids is 1. The molecule has 70 valence electrons. The Labute approximate surface area is 74.4 Å². The Balaban J connectivity index is 3.35. The van der Waals surface area contributed by atoms with Gasteiger partial charge in [-0.2, -0.15) is 0 Å². The average molecular weight is 184 g/mol. The first kappa shape index (κ1) is 9.51. The number of phenols is 1. The van der Waals surface area contributed by atoms with Crippen LogP contribution in [0.15, 0.2) is 12.1 Å². The molecule has 0 aliphatic rings. The molecule has 0 aliphatic carbocycles. The van der Waals surface area contributed by atoms with Crippen molar-refractivity contribution in [2.45, 2.75) is 13.3 Å². The van der Waals surface area contributed by atoms with E-state index in [0.717, 1.165) is 6.07 Å². The minimum Gasteiger partial charge on any atom is -0.508 e. The maximum absolute atomic E-state index is 13.2. The number of carbonyl (C=O) groups is 1. The molecule has 0 heterocycles. The van der Waals surface area contributed by atoms with Crippen LogP contribution in [0.1, 0.15) is 22.8 Å². The molecule has 1 rings (SSSR count). The lowest BCUT2D eigenvalue weighted by molar-refractivity contribution is 0.0691. The van der Waals surface area contributed by atoms with Crippen molar-refractivity contribution in [1.82, 2.24) is 0 Å². The van der Waals surface area contributed by atoms with E-state index in [4.69, 9.17) is 10.2 Å². The normalized spacial score (nSPS) is 10.0. The van der Waals surface area contributed by atoms with E-state index in [1.807, 2.05) is 0 Å². The van der Waals surface area contributed by atoms with E-state index in [2.05, 4.69) is 0 Å². The lowest BCUT2D eigenvalue weighted by atomic mass is 10.1. The molecule has 1 aromatic rings. The predicted molar refractivity (Wildman–Crippen MR) is 44.4 cm³/mol. The fourth-order valence-corrected chi connectivity index (χ4v) is 1.11. The summed E-state index contributed by atoms with van der Waals surface area (Å²) in [6, 6.07) is 2.23. The number of rotatable bonds is 2. The van der Waals surface area contributed by atoms with Crippen LogP contribution in [0.3, 0.4) is 0 Å². The highest BCUT2D eigenvalue weighted by molar-refractivity contribution is 5.88. The van der Waals surface area contributed by atoms with Gasteiger partial charge in [0.2, 0.25) is 0 Å². The van der Waals surface area contributed by atoms with Gasteiger partial charge in [0.05, 0.1) is 5.56 Å². The number of carboxylic acid groups (broad SMARTS) is 1. The Morgan fingerprint density at radius 2 is 2.15 bits per heavy atom. The molecule has 0 radical (unpaired) electrons. The highest BCUT2D eigenvalue weighted by Gasteiger charge is 2.15. The third kappa shape index (κ3) is 1.61. The largest absolute Gasteiger partial charge is 0.508 e. The van der Waals surface area contributed by atoms with Crippen molar-refractivity contribution in [3.8, 4) is 5.75 Å². The van der Waals surface area contributed by atoms with Crippen molar-refractivity contribution in [1.29, 1.82) is 0 Å². The van der Waals surface area contributed by atoms with Gasteiger partial charge >= 0.3 is 5.97 Å². The lowest BCUT2D eigenvalue weighted by Gasteiger charge is -2.05. The molecule has 0 fully saturated rings. The van der Waals surface area contributed by atoms with Crippen LogP contribution < -0.4 is 0 Å². The van der Waals surface area contributed by atoms with Crippen molar-refractivity contribution in [3.05, 3.63) is 29.1 Å². The van der Waals surface area contributed by atoms with E-state index in [9.17, 15) is 9.18 Å². The zero-order valence-electron chi connectivity index (χ0n) is 7.04. The second-order valence-corrected chi connectivity index (χ2v) is 2.58. The van der Waals surface area contributed by atoms with Gasteiger partial charge in [-0.3, -0.25) is 0 Å². The third-order valence-electron chi connectivity index (χ3n) is 1.80. The summed E-state index contributed by atoms with van der Waals surface area (Å²) in [7, 11) is 0.